The topological polar surface area (TPSA) is 0 Å². The number of benzene rings is 1. The Morgan fingerprint density at radius 3 is 2.50 bits per heavy atom. The van der Waals surface area contributed by atoms with Gasteiger partial charge in [0.15, 0.2) is 0 Å². The fourth-order valence-electron chi connectivity index (χ4n) is 3.69. The summed E-state index contributed by atoms with van der Waals surface area (Å²) in [5, 5.41) is 0. The van der Waals surface area contributed by atoms with Gasteiger partial charge in [0.2, 0.25) is 0 Å². The summed E-state index contributed by atoms with van der Waals surface area (Å²) in [6.45, 7) is 8.89. The number of rotatable bonds is 5. The summed E-state index contributed by atoms with van der Waals surface area (Å²) in [5.74, 6) is 0. The van der Waals surface area contributed by atoms with Crippen LogP contribution in [0.1, 0.15) is 63.0 Å². The van der Waals surface area contributed by atoms with Crippen LogP contribution in [0, 0.1) is 12.3 Å². The maximum Gasteiger partial charge on any atom is -0.0201 e. The molecule has 0 bridgehead atoms. The van der Waals surface area contributed by atoms with Crippen LogP contribution in [0.15, 0.2) is 30.8 Å². The fourth-order valence-corrected chi connectivity index (χ4v) is 3.69. The molecule has 0 spiro atoms. The van der Waals surface area contributed by atoms with Crippen molar-refractivity contribution >= 4 is 5.57 Å². The normalized spacial score (nSPS) is 17.9. The van der Waals surface area contributed by atoms with Crippen molar-refractivity contribution in [1.29, 1.82) is 0 Å². The second-order valence-corrected chi connectivity index (χ2v) is 6.05. The maximum atomic E-state index is 4.38. The van der Waals surface area contributed by atoms with Crippen LogP contribution in [0.3, 0.4) is 0 Å². The minimum Gasteiger partial charge on any atom is -0.0952 e. The Labute approximate surface area is 112 Å². The van der Waals surface area contributed by atoms with Crippen molar-refractivity contribution in [2.45, 2.75) is 58.8 Å². The van der Waals surface area contributed by atoms with Gasteiger partial charge in [-0.15, -0.1) is 0 Å². The second kappa shape index (κ2) is 5.73. The molecule has 0 aromatic heterocycles. The first kappa shape index (κ1) is 13.4. The van der Waals surface area contributed by atoms with E-state index in [1.807, 2.05) is 0 Å². The highest BCUT2D eigenvalue weighted by Gasteiger charge is 2.33. The van der Waals surface area contributed by atoms with E-state index in [4.69, 9.17) is 0 Å². The van der Waals surface area contributed by atoms with Gasteiger partial charge in [-0.05, 0) is 54.7 Å². The zero-order valence-corrected chi connectivity index (χ0v) is 12.0. The van der Waals surface area contributed by atoms with E-state index < -0.39 is 0 Å². The Morgan fingerprint density at radius 2 is 1.89 bits per heavy atom. The molecule has 1 saturated carbocycles. The van der Waals surface area contributed by atoms with Gasteiger partial charge >= 0.3 is 0 Å². The molecule has 0 heteroatoms. The van der Waals surface area contributed by atoms with E-state index in [1.54, 1.807) is 0 Å². The molecule has 0 aliphatic heterocycles. The van der Waals surface area contributed by atoms with Crippen LogP contribution in [0.5, 0.6) is 0 Å². The molecule has 98 valence electrons. The highest BCUT2D eigenvalue weighted by molar-refractivity contribution is 5.66. The Bertz CT molecular complexity index is 408. The lowest BCUT2D eigenvalue weighted by Crippen LogP contribution is -2.16. The van der Waals surface area contributed by atoms with Crippen molar-refractivity contribution in [3.05, 3.63) is 42.0 Å². The van der Waals surface area contributed by atoms with Crippen molar-refractivity contribution < 1.29 is 0 Å². The van der Waals surface area contributed by atoms with Gasteiger partial charge in [0.1, 0.15) is 0 Å². The molecule has 1 aliphatic carbocycles. The number of allylic oxidation sites excluding steroid dienone is 1. The summed E-state index contributed by atoms with van der Waals surface area (Å²) in [6.07, 6.45) is 9.53. The lowest BCUT2D eigenvalue weighted by molar-refractivity contribution is 0.277. The van der Waals surface area contributed by atoms with Crippen molar-refractivity contribution in [1.82, 2.24) is 0 Å². The monoisotopic (exact) mass is 242 g/mol. The fraction of sp³-hybridized carbons (Fsp3) is 0.556. The minimum atomic E-state index is 0.564. The third-order valence-corrected chi connectivity index (χ3v) is 4.56. The van der Waals surface area contributed by atoms with Gasteiger partial charge in [-0.25, -0.2) is 0 Å². The van der Waals surface area contributed by atoms with Gasteiger partial charge in [0.25, 0.3) is 0 Å². The van der Waals surface area contributed by atoms with Crippen LogP contribution >= 0.6 is 0 Å². The molecule has 0 N–H and O–H groups in total. The molecule has 0 amide bonds. The SMILES string of the molecule is C=C(CC1(CCC)CCCC1)c1ccccc1C. The molecule has 1 aromatic carbocycles. The van der Waals surface area contributed by atoms with E-state index in [2.05, 4.69) is 44.7 Å². The summed E-state index contributed by atoms with van der Waals surface area (Å²) >= 11 is 0. The average Bonchev–Trinajstić information content (AvgIpc) is 2.78. The molecule has 2 rings (SSSR count). The first-order valence-corrected chi connectivity index (χ1v) is 7.41. The van der Waals surface area contributed by atoms with Gasteiger partial charge in [0.05, 0.1) is 0 Å². The molecular weight excluding hydrogens is 216 g/mol. The van der Waals surface area contributed by atoms with Crippen LogP contribution in [0.4, 0.5) is 0 Å². The molecule has 18 heavy (non-hydrogen) atoms. The summed E-state index contributed by atoms with van der Waals surface area (Å²) in [4.78, 5) is 0. The highest BCUT2D eigenvalue weighted by atomic mass is 14.4. The molecule has 1 fully saturated rings. The van der Waals surface area contributed by atoms with E-state index in [0.717, 1.165) is 0 Å². The summed E-state index contributed by atoms with van der Waals surface area (Å²) in [6, 6.07) is 8.67. The molecule has 1 aliphatic rings. The first-order valence-electron chi connectivity index (χ1n) is 7.41. The van der Waals surface area contributed by atoms with Crippen molar-refractivity contribution in [3.63, 3.8) is 0 Å². The minimum absolute atomic E-state index is 0.564. The summed E-state index contributed by atoms with van der Waals surface area (Å²) in [7, 11) is 0. The molecule has 0 saturated heterocycles. The van der Waals surface area contributed by atoms with Crippen molar-refractivity contribution in [2.24, 2.45) is 5.41 Å². The van der Waals surface area contributed by atoms with E-state index >= 15 is 0 Å². The standard InChI is InChI=1S/C18H26/c1-4-11-18(12-7-8-13-18)14-16(3)17-10-6-5-9-15(17)2/h5-6,9-10H,3-4,7-8,11-14H2,1-2H3. The number of hydrogen-bond acceptors (Lipinski definition) is 0. The van der Waals surface area contributed by atoms with Gasteiger partial charge in [-0.2, -0.15) is 0 Å². The molecule has 0 radical (unpaired) electrons. The quantitative estimate of drug-likeness (QED) is 0.616. The second-order valence-electron chi connectivity index (χ2n) is 6.05. The van der Waals surface area contributed by atoms with Gasteiger partial charge < -0.3 is 0 Å². The van der Waals surface area contributed by atoms with Crippen molar-refractivity contribution in [3.8, 4) is 0 Å². The van der Waals surface area contributed by atoms with Crippen LogP contribution in [-0.2, 0) is 0 Å². The molecule has 0 heterocycles. The third-order valence-electron chi connectivity index (χ3n) is 4.56. The van der Waals surface area contributed by atoms with Crippen molar-refractivity contribution in [2.75, 3.05) is 0 Å². The predicted molar refractivity (Wildman–Crippen MR) is 80.6 cm³/mol. The van der Waals surface area contributed by atoms with Crippen LogP contribution < -0.4 is 0 Å². The lowest BCUT2D eigenvalue weighted by Gasteiger charge is -2.30. The highest BCUT2D eigenvalue weighted by Crippen LogP contribution is 2.48. The van der Waals surface area contributed by atoms with E-state index in [-0.39, 0.29) is 0 Å². The van der Waals surface area contributed by atoms with Gasteiger partial charge in [-0.1, -0.05) is 57.0 Å². The molecule has 0 nitrogen and oxygen atoms in total. The zero-order valence-electron chi connectivity index (χ0n) is 12.0. The van der Waals surface area contributed by atoms with Gasteiger partial charge in [0, 0.05) is 0 Å². The van der Waals surface area contributed by atoms with E-state index in [9.17, 15) is 0 Å². The van der Waals surface area contributed by atoms with E-state index in [1.165, 1.54) is 61.6 Å². The number of aryl methyl sites for hydroxylation is 1. The van der Waals surface area contributed by atoms with E-state index in [0.29, 0.717) is 5.41 Å². The molecule has 0 unspecified atom stereocenters. The number of hydrogen-bond donors (Lipinski definition) is 0. The smallest absolute Gasteiger partial charge is 0.0201 e. The Morgan fingerprint density at radius 1 is 1.22 bits per heavy atom. The summed E-state index contributed by atoms with van der Waals surface area (Å²) in [5.41, 5.74) is 4.66. The molecule has 0 atom stereocenters. The summed E-state index contributed by atoms with van der Waals surface area (Å²) < 4.78 is 0. The molecular formula is C18H26. The largest absolute Gasteiger partial charge is 0.0952 e. The third kappa shape index (κ3) is 2.85. The van der Waals surface area contributed by atoms with Gasteiger partial charge in [-0.3, -0.25) is 0 Å². The first-order chi connectivity index (χ1) is 8.67. The average molecular weight is 242 g/mol. The maximum absolute atomic E-state index is 4.38. The van der Waals surface area contributed by atoms with Crippen LogP contribution in [0.25, 0.3) is 5.57 Å². The zero-order chi connectivity index (χ0) is 13.0. The predicted octanol–water partition coefficient (Wildman–Crippen LogP) is 5.76. The Kier molecular flexibility index (Phi) is 4.27. The van der Waals surface area contributed by atoms with Crippen LogP contribution in [-0.4, -0.2) is 0 Å². The lowest BCUT2D eigenvalue weighted by atomic mass is 9.75. The molecule has 1 aromatic rings. The Hall–Kier alpha value is -1.04. The van der Waals surface area contributed by atoms with Crippen LogP contribution in [0.2, 0.25) is 0 Å². The Balaban J connectivity index is 2.13.